The lowest BCUT2D eigenvalue weighted by atomic mass is 10.1. The Kier molecular flexibility index (Phi) is 3.03. The molecule has 76 valence electrons. The zero-order chi connectivity index (χ0) is 9.80. The van der Waals surface area contributed by atoms with E-state index in [4.69, 9.17) is 5.11 Å². The molecule has 0 unspecified atom stereocenters. The first kappa shape index (κ1) is 9.52. The molecule has 1 fully saturated rings. The van der Waals surface area contributed by atoms with Crippen molar-refractivity contribution in [2.75, 3.05) is 6.61 Å². The van der Waals surface area contributed by atoms with Crippen molar-refractivity contribution >= 4 is 0 Å². The first-order valence-electron chi connectivity index (χ1n) is 5.19. The van der Waals surface area contributed by atoms with Crippen LogP contribution in [-0.4, -0.2) is 26.9 Å². The Hall–Kier alpha value is -1.03. The molecule has 1 heterocycles. The minimum absolute atomic E-state index is 0.0931. The molecular formula is C10H15N3O. The van der Waals surface area contributed by atoms with Crippen LogP contribution in [0.15, 0.2) is 6.20 Å². The SMILES string of the molecule is OCCc1nncc(C2CCCC2)n1. The van der Waals surface area contributed by atoms with Gasteiger partial charge in [-0.3, -0.25) is 0 Å². The predicted molar refractivity (Wildman–Crippen MR) is 51.8 cm³/mol. The van der Waals surface area contributed by atoms with E-state index in [1.807, 2.05) is 0 Å². The standard InChI is InChI=1S/C10H15N3O/c14-6-5-10-12-9(7-11-13-10)8-3-1-2-4-8/h7-8,14H,1-6H2. The molecule has 1 aliphatic carbocycles. The van der Waals surface area contributed by atoms with Crippen LogP contribution >= 0.6 is 0 Å². The van der Waals surface area contributed by atoms with Gasteiger partial charge in [0.25, 0.3) is 0 Å². The Labute approximate surface area is 83.4 Å². The largest absolute Gasteiger partial charge is 0.396 e. The Morgan fingerprint density at radius 2 is 2.14 bits per heavy atom. The molecule has 0 radical (unpaired) electrons. The molecule has 0 aromatic carbocycles. The molecule has 0 aliphatic heterocycles. The van der Waals surface area contributed by atoms with Crippen LogP contribution in [0.3, 0.4) is 0 Å². The van der Waals surface area contributed by atoms with Gasteiger partial charge in [-0.2, -0.15) is 5.10 Å². The first-order valence-corrected chi connectivity index (χ1v) is 5.19. The summed E-state index contributed by atoms with van der Waals surface area (Å²) in [5.74, 6) is 1.24. The van der Waals surface area contributed by atoms with E-state index in [-0.39, 0.29) is 6.61 Å². The molecule has 0 amide bonds. The van der Waals surface area contributed by atoms with Crippen molar-refractivity contribution < 1.29 is 5.11 Å². The van der Waals surface area contributed by atoms with E-state index in [1.165, 1.54) is 25.7 Å². The van der Waals surface area contributed by atoms with Gasteiger partial charge in [0.1, 0.15) is 0 Å². The van der Waals surface area contributed by atoms with Gasteiger partial charge in [-0.25, -0.2) is 4.98 Å². The van der Waals surface area contributed by atoms with Gasteiger partial charge in [-0.1, -0.05) is 12.8 Å². The first-order chi connectivity index (χ1) is 6.90. The fourth-order valence-corrected chi connectivity index (χ4v) is 1.98. The highest BCUT2D eigenvalue weighted by atomic mass is 16.3. The summed E-state index contributed by atoms with van der Waals surface area (Å²) in [7, 11) is 0. The number of aliphatic hydroxyl groups excluding tert-OH is 1. The molecule has 14 heavy (non-hydrogen) atoms. The molecule has 1 aromatic heterocycles. The molecular weight excluding hydrogens is 178 g/mol. The molecule has 0 bridgehead atoms. The van der Waals surface area contributed by atoms with Crippen LogP contribution in [0.25, 0.3) is 0 Å². The van der Waals surface area contributed by atoms with E-state index < -0.39 is 0 Å². The van der Waals surface area contributed by atoms with Gasteiger partial charge in [0.2, 0.25) is 0 Å². The van der Waals surface area contributed by atoms with E-state index in [0.717, 1.165) is 5.69 Å². The topological polar surface area (TPSA) is 58.9 Å². The quantitative estimate of drug-likeness (QED) is 0.780. The fourth-order valence-electron chi connectivity index (χ4n) is 1.98. The van der Waals surface area contributed by atoms with Crippen molar-refractivity contribution in [1.29, 1.82) is 0 Å². The minimum Gasteiger partial charge on any atom is -0.396 e. The predicted octanol–water partition coefficient (Wildman–Crippen LogP) is 1.06. The Balaban J connectivity index is 2.12. The zero-order valence-corrected chi connectivity index (χ0v) is 8.19. The third-order valence-corrected chi connectivity index (χ3v) is 2.73. The smallest absolute Gasteiger partial charge is 0.153 e. The van der Waals surface area contributed by atoms with Crippen LogP contribution in [0.2, 0.25) is 0 Å². The number of hydrogen-bond acceptors (Lipinski definition) is 4. The molecule has 1 saturated carbocycles. The lowest BCUT2D eigenvalue weighted by molar-refractivity contribution is 0.295. The van der Waals surface area contributed by atoms with Crippen LogP contribution in [0.4, 0.5) is 0 Å². The molecule has 1 aliphatic rings. The monoisotopic (exact) mass is 193 g/mol. The van der Waals surface area contributed by atoms with Crippen molar-refractivity contribution in [3.8, 4) is 0 Å². The molecule has 2 rings (SSSR count). The summed E-state index contributed by atoms with van der Waals surface area (Å²) in [6.07, 6.45) is 7.30. The van der Waals surface area contributed by atoms with Crippen LogP contribution in [0, 0.1) is 0 Å². The van der Waals surface area contributed by atoms with Crippen LogP contribution in [0.5, 0.6) is 0 Å². The van der Waals surface area contributed by atoms with Crippen molar-refractivity contribution in [1.82, 2.24) is 15.2 Å². The maximum Gasteiger partial charge on any atom is 0.153 e. The second-order valence-corrected chi connectivity index (χ2v) is 3.75. The third kappa shape index (κ3) is 2.07. The normalized spacial score (nSPS) is 17.5. The summed E-state index contributed by atoms with van der Waals surface area (Å²) in [5, 5.41) is 16.6. The van der Waals surface area contributed by atoms with Crippen molar-refractivity contribution in [3.05, 3.63) is 17.7 Å². The number of nitrogens with zero attached hydrogens (tertiary/aromatic N) is 3. The van der Waals surface area contributed by atoms with E-state index in [2.05, 4.69) is 15.2 Å². The zero-order valence-electron chi connectivity index (χ0n) is 8.19. The van der Waals surface area contributed by atoms with Gasteiger partial charge in [-0.15, -0.1) is 5.10 Å². The second-order valence-electron chi connectivity index (χ2n) is 3.75. The average Bonchev–Trinajstić information content (AvgIpc) is 2.71. The van der Waals surface area contributed by atoms with Gasteiger partial charge in [0, 0.05) is 12.3 Å². The van der Waals surface area contributed by atoms with Crippen LogP contribution in [-0.2, 0) is 6.42 Å². The van der Waals surface area contributed by atoms with E-state index in [1.54, 1.807) is 6.20 Å². The summed E-state index contributed by atoms with van der Waals surface area (Å²) >= 11 is 0. The van der Waals surface area contributed by atoms with Gasteiger partial charge in [0.15, 0.2) is 5.82 Å². The maximum absolute atomic E-state index is 8.77. The summed E-state index contributed by atoms with van der Waals surface area (Å²) in [5.41, 5.74) is 1.06. The number of aromatic nitrogens is 3. The van der Waals surface area contributed by atoms with E-state index >= 15 is 0 Å². The molecule has 0 saturated heterocycles. The van der Waals surface area contributed by atoms with Crippen molar-refractivity contribution in [2.24, 2.45) is 0 Å². The lowest BCUT2D eigenvalue weighted by Gasteiger charge is -2.07. The van der Waals surface area contributed by atoms with E-state index in [9.17, 15) is 0 Å². The average molecular weight is 193 g/mol. The van der Waals surface area contributed by atoms with Gasteiger partial charge >= 0.3 is 0 Å². The fraction of sp³-hybridized carbons (Fsp3) is 0.700. The summed E-state index contributed by atoms with van der Waals surface area (Å²) in [4.78, 5) is 4.41. The molecule has 0 spiro atoms. The summed E-state index contributed by atoms with van der Waals surface area (Å²) < 4.78 is 0. The van der Waals surface area contributed by atoms with Crippen molar-refractivity contribution in [3.63, 3.8) is 0 Å². The lowest BCUT2D eigenvalue weighted by Crippen LogP contribution is -2.06. The van der Waals surface area contributed by atoms with Crippen LogP contribution in [0.1, 0.15) is 43.1 Å². The van der Waals surface area contributed by atoms with Gasteiger partial charge in [0.05, 0.1) is 18.5 Å². The highest BCUT2D eigenvalue weighted by Gasteiger charge is 2.18. The van der Waals surface area contributed by atoms with Crippen LogP contribution < -0.4 is 0 Å². The minimum atomic E-state index is 0.0931. The number of aliphatic hydroxyl groups is 1. The van der Waals surface area contributed by atoms with E-state index in [0.29, 0.717) is 18.2 Å². The van der Waals surface area contributed by atoms with Crippen molar-refractivity contribution in [2.45, 2.75) is 38.0 Å². The number of rotatable bonds is 3. The highest BCUT2D eigenvalue weighted by molar-refractivity contribution is 5.05. The summed E-state index contributed by atoms with van der Waals surface area (Å²) in [6.45, 7) is 0.0931. The molecule has 4 heteroatoms. The Morgan fingerprint density at radius 1 is 1.36 bits per heavy atom. The maximum atomic E-state index is 8.77. The molecule has 1 aromatic rings. The summed E-state index contributed by atoms with van der Waals surface area (Å²) in [6, 6.07) is 0. The molecule has 0 atom stereocenters. The second kappa shape index (κ2) is 4.46. The molecule has 1 N–H and O–H groups in total. The van der Waals surface area contributed by atoms with Gasteiger partial charge < -0.3 is 5.11 Å². The van der Waals surface area contributed by atoms with Gasteiger partial charge in [-0.05, 0) is 12.8 Å². The number of hydrogen-bond donors (Lipinski definition) is 1. The third-order valence-electron chi connectivity index (χ3n) is 2.73. The Bertz CT molecular complexity index is 297. The highest BCUT2D eigenvalue weighted by Crippen LogP contribution is 2.32. The molecule has 4 nitrogen and oxygen atoms in total. The Morgan fingerprint density at radius 3 is 2.86 bits per heavy atom.